The van der Waals surface area contributed by atoms with Gasteiger partial charge in [-0.15, -0.1) is 0 Å². The molecule has 2 amide bonds. The largest absolute Gasteiger partial charge is 0.350 e. The second-order valence-corrected chi connectivity index (χ2v) is 11.0. The van der Waals surface area contributed by atoms with Crippen molar-refractivity contribution in [2.45, 2.75) is 21.4 Å². The van der Waals surface area contributed by atoms with Crippen molar-refractivity contribution in [3.8, 4) is 0 Å². The number of hydrogen-bond acceptors (Lipinski definition) is 4. The summed E-state index contributed by atoms with van der Waals surface area (Å²) < 4.78 is 10.9. The number of rotatable bonds is 3. The van der Waals surface area contributed by atoms with Gasteiger partial charge in [0.15, 0.2) is 0 Å². The quantitative estimate of drug-likeness (QED) is 0.283. The molecule has 4 atom stereocenters. The highest BCUT2D eigenvalue weighted by molar-refractivity contribution is 9.16. The zero-order valence-electron chi connectivity index (χ0n) is 14.6. The van der Waals surface area contributed by atoms with Gasteiger partial charge in [-0.3, -0.25) is 9.59 Å². The van der Waals surface area contributed by atoms with E-state index in [1.807, 2.05) is 19.1 Å². The van der Waals surface area contributed by atoms with Crippen molar-refractivity contribution in [1.82, 2.24) is 0 Å². The number of carbonyl (C=O) groups is 2. The Morgan fingerprint density at radius 2 is 1.30 bits per heavy atom. The van der Waals surface area contributed by atoms with E-state index in [1.54, 1.807) is 12.1 Å². The molecule has 2 bridgehead atoms. The zero-order valence-corrected chi connectivity index (χ0v) is 20.9. The summed E-state index contributed by atoms with van der Waals surface area (Å²) in [7, 11) is 3.02. The van der Waals surface area contributed by atoms with Gasteiger partial charge in [0.25, 0.3) is 0 Å². The number of carbonyl (C=O) groups excluding carboxylic acids is 2. The first-order valence-electron chi connectivity index (χ1n) is 8.12. The third-order valence-electron chi connectivity index (χ3n) is 5.82. The fraction of sp³-hybridized carbons (Fsp3) is 0.444. The van der Waals surface area contributed by atoms with Crippen molar-refractivity contribution < 1.29 is 19.1 Å². The van der Waals surface area contributed by atoms with Crippen molar-refractivity contribution in [2.75, 3.05) is 19.1 Å². The fourth-order valence-corrected chi connectivity index (χ4v) is 9.68. The average Bonchev–Trinajstić information content (AvgIpc) is 3.07. The minimum absolute atomic E-state index is 0.289. The van der Waals surface area contributed by atoms with Crippen LogP contribution in [0.5, 0.6) is 0 Å². The predicted octanol–water partition coefficient (Wildman–Crippen LogP) is 4.39. The average molecular weight is 629 g/mol. The summed E-state index contributed by atoms with van der Waals surface area (Å²) in [5.74, 6) is -3.29. The Morgan fingerprint density at radius 3 is 1.67 bits per heavy atom. The lowest BCUT2D eigenvalue weighted by Gasteiger charge is -2.43. The fourth-order valence-electron chi connectivity index (χ4n) is 4.65. The lowest BCUT2D eigenvalue weighted by Crippen LogP contribution is -2.59. The molecule has 1 saturated carbocycles. The van der Waals surface area contributed by atoms with Crippen molar-refractivity contribution in [3.63, 3.8) is 0 Å². The van der Waals surface area contributed by atoms with E-state index in [9.17, 15) is 9.59 Å². The van der Waals surface area contributed by atoms with Crippen molar-refractivity contribution in [1.29, 1.82) is 0 Å². The number of alkyl halides is 2. The molecule has 0 aromatic heterocycles. The highest BCUT2D eigenvalue weighted by atomic mass is 79.9. The molecule has 0 radical (unpaired) electrons. The van der Waals surface area contributed by atoms with Gasteiger partial charge in [0.05, 0.1) is 17.5 Å². The van der Waals surface area contributed by atoms with Gasteiger partial charge in [-0.25, -0.2) is 4.90 Å². The second-order valence-electron chi connectivity index (χ2n) is 6.88. The van der Waals surface area contributed by atoms with Crippen molar-refractivity contribution in [3.05, 3.63) is 38.8 Å². The van der Waals surface area contributed by atoms with Crippen LogP contribution in [0.25, 0.3) is 0 Å². The zero-order chi connectivity index (χ0) is 19.9. The number of methoxy groups -OCH3 is 2. The molecule has 2 fully saturated rings. The molecule has 0 N–H and O–H groups in total. The van der Waals surface area contributed by atoms with E-state index < -0.39 is 26.3 Å². The van der Waals surface area contributed by atoms with Gasteiger partial charge in [-0.05, 0) is 19.1 Å². The van der Waals surface area contributed by atoms with Crippen LogP contribution in [0.1, 0.15) is 5.56 Å². The van der Waals surface area contributed by atoms with E-state index in [2.05, 4.69) is 63.7 Å². The molecular formula is C18H15Br4NO4. The number of ether oxygens (including phenoxy) is 2. The monoisotopic (exact) mass is 625 g/mol. The summed E-state index contributed by atoms with van der Waals surface area (Å²) in [6, 6.07) is 7.33. The Kier molecular flexibility index (Phi) is 4.66. The van der Waals surface area contributed by atoms with E-state index in [0.29, 0.717) is 14.7 Å². The van der Waals surface area contributed by atoms with E-state index >= 15 is 0 Å². The number of aryl methyl sites for hydroxylation is 1. The molecular weight excluding hydrogens is 614 g/mol. The Hall–Kier alpha value is -0.0600. The molecule has 4 unspecified atom stereocenters. The lowest BCUT2D eigenvalue weighted by atomic mass is 9.85. The number of amides is 2. The van der Waals surface area contributed by atoms with Crippen LogP contribution in [0.3, 0.4) is 0 Å². The van der Waals surface area contributed by atoms with E-state index in [0.717, 1.165) is 5.56 Å². The molecule has 1 heterocycles. The molecule has 1 aromatic rings. The normalized spacial score (nSPS) is 36.8. The summed E-state index contributed by atoms with van der Waals surface area (Å²) in [6.07, 6.45) is 0. The predicted molar refractivity (Wildman–Crippen MR) is 116 cm³/mol. The van der Waals surface area contributed by atoms with Crippen molar-refractivity contribution in [2.24, 2.45) is 11.8 Å². The molecule has 144 valence electrons. The number of anilines is 1. The molecule has 27 heavy (non-hydrogen) atoms. The Labute approximate surface area is 190 Å². The van der Waals surface area contributed by atoms with Crippen molar-refractivity contribution >= 4 is 81.2 Å². The van der Waals surface area contributed by atoms with Gasteiger partial charge < -0.3 is 9.47 Å². The Bertz CT molecular complexity index is 851. The maximum Gasteiger partial charge on any atom is 0.239 e. The van der Waals surface area contributed by atoms with Crippen LogP contribution in [-0.2, 0) is 19.1 Å². The third-order valence-corrected chi connectivity index (χ3v) is 12.3. The summed E-state index contributed by atoms with van der Waals surface area (Å²) in [5, 5.41) is 0. The van der Waals surface area contributed by atoms with Crippen LogP contribution in [0.2, 0.25) is 0 Å². The van der Waals surface area contributed by atoms with Gasteiger partial charge in [0.1, 0.15) is 8.65 Å². The van der Waals surface area contributed by atoms with E-state index in [1.165, 1.54) is 19.1 Å². The Morgan fingerprint density at radius 1 is 0.889 bits per heavy atom. The van der Waals surface area contributed by atoms with Crippen LogP contribution >= 0.6 is 63.7 Å². The number of fused-ring (bicyclic) bond motifs is 5. The summed E-state index contributed by atoms with van der Waals surface area (Å²) in [6.45, 7) is 1.96. The van der Waals surface area contributed by atoms with Crippen LogP contribution in [-0.4, -0.2) is 40.5 Å². The SMILES string of the molecule is COC1(OC)C2(Br)C(Br)=C(Br)C1(Br)C1C(=O)N(c3ccc(C)cc3)C(=O)C12. The van der Waals surface area contributed by atoms with Crippen LogP contribution < -0.4 is 4.90 Å². The molecule has 9 heteroatoms. The summed E-state index contributed by atoms with van der Waals surface area (Å²) >= 11 is 14.7. The third kappa shape index (κ3) is 2.01. The molecule has 2 aliphatic carbocycles. The number of hydrogen-bond donors (Lipinski definition) is 0. The van der Waals surface area contributed by atoms with Gasteiger partial charge in [-0.2, -0.15) is 0 Å². The Balaban J connectivity index is 1.92. The molecule has 1 saturated heterocycles. The number of halogens is 4. The number of imide groups is 1. The van der Waals surface area contributed by atoms with Crippen LogP contribution in [0, 0.1) is 18.8 Å². The molecule has 1 aromatic carbocycles. The van der Waals surface area contributed by atoms with Gasteiger partial charge in [0.2, 0.25) is 17.6 Å². The van der Waals surface area contributed by atoms with Gasteiger partial charge >= 0.3 is 0 Å². The standard InChI is InChI=1S/C18H15Br4NO4/c1-8-4-6-9(7-5-8)23-14(24)10-11(15(23)25)17(22)13(20)12(19)16(10,21)18(17,26-2)27-3/h4-7,10-11H,1-3H3. The first kappa shape index (κ1) is 20.2. The highest BCUT2D eigenvalue weighted by Gasteiger charge is 2.88. The van der Waals surface area contributed by atoms with E-state index in [-0.39, 0.29) is 11.8 Å². The molecule has 0 spiro atoms. The lowest BCUT2D eigenvalue weighted by molar-refractivity contribution is -0.215. The molecule has 4 rings (SSSR count). The van der Waals surface area contributed by atoms with Gasteiger partial charge in [-0.1, -0.05) is 81.4 Å². The highest BCUT2D eigenvalue weighted by Crippen LogP contribution is 2.77. The first-order valence-corrected chi connectivity index (χ1v) is 11.3. The summed E-state index contributed by atoms with van der Waals surface area (Å²) in [5.41, 5.74) is 1.61. The van der Waals surface area contributed by atoms with Crippen LogP contribution in [0.4, 0.5) is 5.69 Å². The number of benzene rings is 1. The molecule has 1 aliphatic heterocycles. The molecule has 3 aliphatic rings. The summed E-state index contributed by atoms with van der Waals surface area (Å²) in [4.78, 5) is 28.2. The maximum absolute atomic E-state index is 13.5. The maximum atomic E-state index is 13.5. The second kappa shape index (κ2) is 6.22. The van der Waals surface area contributed by atoms with Crippen LogP contribution in [0.15, 0.2) is 33.2 Å². The topological polar surface area (TPSA) is 55.8 Å². The first-order chi connectivity index (χ1) is 12.6. The minimum atomic E-state index is -1.29. The number of nitrogens with zero attached hydrogens (tertiary/aromatic N) is 1. The minimum Gasteiger partial charge on any atom is -0.350 e. The van der Waals surface area contributed by atoms with Gasteiger partial charge in [0, 0.05) is 23.2 Å². The molecule has 5 nitrogen and oxygen atoms in total. The van der Waals surface area contributed by atoms with E-state index in [4.69, 9.17) is 9.47 Å². The smallest absolute Gasteiger partial charge is 0.239 e.